The lowest BCUT2D eigenvalue weighted by Gasteiger charge is -2.15. The molecule has 1 aromatic carbocycles. The minimum atomic E-state index is -0.812. The Kier molecular flexibility index (Phi) is 2.60. The molecule has 0 unspecified atom stereocenters. The molecule has 15 heavy (non-hydrogen) atoms. The third kappa shape index (κ3) is 1.80. The van der Waals surface area contributed by atoms with Gasteiger partial charge in [0.2, 0.25) is 0 Å². The number of carbonyl (C=O) groups is 1. The summed E-state index contributed by atoms with van der Waals surface area (Å²) in [7, 11) is 0. The van der Waals surface area contributed by atoms with E-state index in [2.05, 4.69) is 5.32 Å². The van der Waals surface area contributed by atoms with E-state index in [9.17, 15) is 9.90 Å². The fraction of sp³-hybridized carbons (Fsp3) is 0.364. The van der Waals surface area contributed by atoms with E-state index in [1.807, 2.05) is 6.07 Å². The van der Waals surface area contributed by atoms with Crippen molar-refractivity contribution < 1.29 is 15.0 Å². The van der Waals surface area contributed by atoms with Gasteiger partial charge in [-0.2, -0.15) is 0 Å². The zero-order valence-electron chi connectivity index (χ0n) is 8.18. The van der Waals surface area contributed by atoms with Crippen LogP contribution in [0.3, 0.4) is 0 Å². The number of nitrogens with one attached hydrogen (secondary N) is 1. The molecule has 0 bridgehead atoms. The molecule has 3 N–H and O–H groups in total. The van der Waals surface area contributed by atoms with Crippen LogP contribution in [0.5, 0.6) is 5.75 Å². The predicted octanol–water partition coefficient (Wildman–Crippen LogP) is 0.780. The summed E-state index contributed by atoms with van der Waals surface area (Å²) in [4.78, 5) is 11.0. The van der Waals surface area contributed by atoms with Gasteiger partial charge in [-0.15, -0.1) is 0 Å². The molecule has 1 saturated heterocycles. The number of para-hydroxylation sites is 1. The van der Waals surface area contributed by atoms with Crippen molar-refractivity contribution in [3.8, 4) is 5.75 Å². The summed E-state index contributed by atoms with van der Waals surface area (Å²) >= 11 is 0. The molecule has 0 radical (unpaired) electrons. The van der Waals surface area contributed by atoms with Crippen LogP contribution in [-0.2, 0) is 4.79 Å². The molecule has 1 fully saturated rings. The van der Waals surface area contributed by atoms with Crippen LogP contribution in [0.1, 0.15) is 11.5 Å². The van der Waals surface area contributed by atoms with Crippen LogP contribution in [0.25, 0.3) is 0 Å². The van der Waals surface area contributed by atoms with Crippen LogP contribution >= 0.6 is 0 Å². The minimum absolute atomic E-state index is 0.135. The number of carboxylic acids is 1. The molecule has 2 rings (SSSR count). The Morgan fingerprint density at radius 2 is 2.07 bits per heavy atom. The summed E-state index contributed by atoms with van der Waals surface area (Å²) in [6.45, 7) is 1.07. The first-order valence-electron chi connectivity index (χ1n) is 4.91. The molecule has 4 nitrogen and oxygen atoms in total. The number of aromatic hydroxyl groups is 1. The average Bonchev–Trinajstić information content (AvgIpc) is 2.67. The molecule has 0 amide bonds. The zero-order valence-corrected chi connectivity index (χ0v) is 8.18. The highest BCUT2D eigenvalue weighted by molar-refractivity contribution is 5.72. The van der Waals surface area contributed by atoms with Crippen LogP contribution in [0.4, 0.5) is 0 Å². The lowest BCUT2D eigenvalue weighted by molar-refractivity contribution is -0.141. The quantitative estimate of drug-likeness (QED) is 0.670. The maximum Gasteiger partial charge on any atom is 0.308 e. The van der Waals surface area contributed by atoms with E-state index in [0.717, 1.165) is 5.56 Å². The third-order valence-corrected chi connectivity index (χ3v) is 2.87. The molecule has 1 heterocycles. The first-order valence-corrected chi connectivity index (χ1v) is 4.91. The second kappa shape index (κ2) is 3.90. The molecule has 1 aliphatic heterocycles. The van der Waals surface area contributed by atoms with Gasteiger partial charge in [-0.1, -0.05) is 18.2 Å². The Balaban J connectivity index is 2.30. The second-order valence-electron chi connectivity index (χ2n) is 3.77. The van der Waals surface area contributed by atoms with E-state index in [1.165, 1.54) is 0 Å². The van der Waals surface area contributed by atoms with Crippen molar-refractivity contribution in [1.82, 2.24) is 5.32 Å². The van der Waals surface area contributed by atoms with Crippen molar-refractivity contribution in [2.75, 3.05) is 13.1 Å². The molecule has 0 spiro atoms. The summed E-state index contributed by atoms with van der Waals surface area (Å²) < 4.78 is 0. The Morgan fingerprint density at radius 1 is 1.33 bits per heavy atom. The van der Waals surface area contributed by atoms with Crippen molar-refractivity contribution in [3.63, 3.8) is 0 Å². The van der Waals surface area contributed by atoms with Gasteiger partial charge in [0.25, 0.3) is 0 Å². The van der Waals surface area contributed by atoms with Gasteiger partial charge in [-0.05, 0) is 11.6 Å². The van der Waals surface area contributed by atoms with E-state index in [4.69, 9.17) is 5.11 Å². The van der Waals surface area contributed by atoms with Gasteiger partial charge in [0, 0.05) is 19.0 Å². The number of carboxylic acid groups (broad SMARTS) is 1. The van der Waals surface area contributed by atoms with Crippen LogP contribution in [0, 0.1) is 5.92 Å². The third-order valence-electron chi connectivity index (χ3n) is 2.87. The summed E-state index contributed by atoms with van der Waals surface area (Å²) in [5.74, 6) is -1.22. The van der Waals surface area contributed by atoms with Gasteiger partial charge in [-0.25, -0.2) is 0 Å². The fourth-order valence-electron chi connectivity index (χ4n) is 2.07. The van der Waals surface area contributed by atoms with Gasteiger partial charge in [0.1, 0.15) is 5.75 Å². The number of hydrogen-bond donors (Lipinski definition) is 3. The van der Waals surface area contributed by atoms with Gasteiger partial charge in [0.05, 0.1) is 5.92 Å². The van der Waals surface area contributed by atoms with Crippen LogP contribution in [0.15, 0.2) is 24.3 Å². The van der Waals surface area contributed by atoms with Crippen LogP contribution < -0.4 is 5.32 Å². The lowest BCUT2D eigenvalue weighted by Crippen LogP contribution is -2.21. The predicted molar refractivity (Wildman–Crippen MR) is 54.8 cm³/mol. The summed E-state index contributed by atoms with van der Waals surface area (Å²) in [6, 6.07) is 6.92. The molecule has 2 atom stereocenters. The first-order chi connectivity index (χ1) is 7.20. The Bertz CT molecular complexity index is 378. The summed E-state index contributed by atoms with van der Waals surface area (Å²) in [5, 5.41) is 21.7. The minimum Gasteiger partial charge on any atom is -0.508 e. The monoisotopic (exact) mass is 207 g/mol. The lowest BCUT2D eigenvalue weighted by atomic mass is 9.88. The van der Waals surface area contributed by atoms with Crippen LogP contribution in [0.2, 0.25) is 0 Å². The average molecular weight is 207 g/mol. The normalized spacial score (nSPS) is 25.3. The molecule has 0 aliphatic carbocycles. The standard InChI is InChI=1S/C11H13NO3/c13-10-4-2-1-3-7(10)8-5-12-6-9(8)11(14)15/h1-4,8-9,12-13H,5-6H2,(H,14,15)/t8-,9+/m1/s1. The van der Waals surface area contributed by atoms with E-state index in [0.29, 0.717) is 13.1 Å². The Hall–Kier alpha value is -1.55. The fourth-order valence-corrected chi connectivity index (χ4v) is 2.07. The SMILES string of the molecule is O=C(O)[C@H]1CNC[C@@H]1c1ccccc1O. The molecule has 4 heteroatoms. The maximum atomic E-state index is 11.0. The molecule has 0 saturated carbocycles. The molecule has 80 valence electrons. The van der Waals surface area contributed by atoms with Gasteiger partial charge in [-0.3, -0.25) is 4.79 Å². The first kappa shape index (κ1) is 9.98. The largest absolute Gasteiger partial charge is 0.508 e. The summed E-state index contributed by atoms with van der Waals surface area (Å²) in [6.07, 6.45) is 0. The Morgan fingerprint density at radius 3 is 2.73 bits per heavy atom. The van der Waals surface area contributed by atoms with E-state index >= 15 is 0 Å². The van der Waals surface area contributed by atoms with Crippen molar-refractivity contribution in [2.24, 2.45) is 5.92 Å². The zero-order chi connectivity index (χ0) is 10.8. The van der Waals surface area contributed by atoms with Crippen molar-refractivity contribution >= 4 is 5.97 Å². The van der Waals surface area contributed by atoms with Gasteiger partial charge < -0.3 is 15.5 Å². The molecular weight excluding hydrogens is 194 g/mol. The number of hydrogen-bond acceptors (Lipinski definition) is 3. The van der Waals surface area contributed by atoms with E-state index < -0.39 is 11.9 Å². The maximum absolute atomic E-state index is 11.0. The number of phenolic OH excluding ortho intramolecular Hbond substituents is 1. The molecule has 1 aromatic rings. The van der Waals surface area contributed by atoms with Crippen molar-refractivity contribution in [3.05, 3.63) is 29.8 Å². The number of rotatable bonds is 2. The van der Waals surface area contributed by atoms with Gasteiger partial charge in [0.15, 0.2) is 0 Å². The Labute approximate surface area is 87.6 Å². The van der Waals surface area contributed by atoms with Crippen molar-refractivity contribution in [2.45, 2.75) is 5.92 Å². The second-order valence-corrected chi connectivity index (χ2v) is 3.77. The van der Waals surface area contributed by atoms with Crippen LogP contribution in [-0.4, -0.2) is 29.3 Å². The topological polar surface area (TPSA) is 69.6 Å². The van der Waals surface area contributed by atoms with Crippen molar-refractivity contribution in [1.29, 1.82) is 0 Å². The van der Waals surface area contributed by atoms with E-state index in [-0.39, 0.29) is 11.7 Å². The number of phenols is 1. The number of benzene rings is 1. The molecule has 1 aliphatic rings. The molecular formula is C11H13NO3. The summed E-state index contributed by atoms with van der Waals surface area (Å²) in [5.41, 5.74) is 0.718. The van der Waals surface area contributed by atoms with E-state index in [1.54, 1.807) is 18.2 Å². The van der Waals surface area contributed by atoms with Gasteiger partial charge >= 0.3 is 5.97 Å². The highest BCUT2D eigenvalue weighted by atomic mass is 16.4. The highest BCUT2D eigenvalue weighted by Gasteiger charge is 2.34. The molecule has 0 aromatic heterocycles. The number of aliphatic carboxylic acids is 1. The highest BCUT2D eigenvalue weighted by Crippen LogP contribution is 2.33. The smallest absolute Gasteiger partial charge is 0.308 e.